The summed E-state index contributed by atoms with van der Waals surface area (Å²) in [7, 11) is 1.42. The normalized spacial score (nSPS) is 10.5. The van der Waals surface area contributed by atoms with E-state index in [0.29, 0.717) is 11.5 Å². The SMILES string of the molecule is COc1ccc(-c2ccc(C(=O)Nc3cc(C)on3)o2)c([N+](=O)[O-])c1. The smallest absolute Gasteiger partial charge is 0.292 e. The Morgan fingerprint density at radius 1 is 1.28 bits per heavy atom. The maximum Gasteiger partial charge on any atom is 0.292 e. The number of nitro benzene ring substituents is 1. The number of ether oxygens (including phenoxy) is 1. The van der Waals surface area contributed by atoms with Crippen LogP contribution in [0.3, 0.4) is 0 Å². The number of carbonyl (C=O) groups is 1. The first-order valence-electron chi connectivity index (χ1n) is 7.15. The summed E-state index contributed by atoms with van der Waals surface area (Å²) in [6, 6.07) is 8.82. The molecule has 25 heavy (non-hydrogen) atoms. The van der Waals surface area contributed by atoms with E-state index in [0.717, 1.165) is 0 Å². The van der Waals surface area contributed by atoms with Crippen LogP contribution in [0.15, 0.2) is 45.3 Å². The van der Waals surface area contributed by atoms with Gasteiger partial charge in [0, 0.05) is 6.07 Å². The van der Waals surface area contributed by atoms with Gasteiger partial charge in [0.25, 0.3) is 11.6 Å². The molecule has 0 atom stereocenters. The molecule has 0 fully saturated rings. The number of nitrogens with zero attached hydrogens (tertiary/aromatic N) is 2. The number of anilines is 1. The number of methoxy groups -OCH3 is 1. The molecule has 1 N–H and O–H groups in total. The minimum atomic E-state index is -0.546. The number of hydrogen-bond donors (Lipinski definition) is 1. The first kappa shape index (κ1) is 16.2. The van der Waals surface area contributed by atoms with Gasteiger partial charge in [0.15, 0.2) is 11.6 Å². The Bertz CT molecular complexity index is 943. The Morgan fingerprint density at radius 3 is 2.72 bits per heavy atom. The molecule has 0 bridgehead atoms. The minimum Gasteiger partial charge on any atom is -0.497 e. The van der Waals surface area contributed by atoms with Gasteiger partial charge in [-0.25, -0.2) is 0 Å². The van der Waals surface area contributed by atoms with Crippen molar-refractivity contribution in [3.8, 4) is 17.1 Å². The molecule has 9 heteroatoms. The summed E-state index contributed by atoms with van der Waals surface area (Å²) in [5.74, 6) is 0.772. The number of nitrogens with one attached hydrogen (secondary N) is 1. The second-order valence-electron chi connectivity index (χ2n) is 5.08. The molecule has 0 spiro atoms. The van der Waals surface area contributed by atoms with E-state index in [1.165, 1.54) is 31.4 Å². The molecule has 0 radical (unpaired) electrons. The van der Waals surface area contributed by atoms with E-state index in [9.17, 15) is 14.9 Å². The van der Waals surface area contributed by atoms with Crippen molar-refractivity contribution < 1.29 is 23.4 Å². The van der Waals surface area contributed by atoms with Crippen LogP contribution in [0.5, 0.6) is 5.75 Å². The maximum absolute atomic E-state index is 12.1. The van der Waals surface area contributed by atoms with Crippen LogP contribution in [0.1, 0.15) is 16.3 Å². The molecule has 0 unspecified atom stereocenters. The van der Waals surface area contributed by atoms with Crippen molar-refractivity contribution in [3.05, 3.63) is 58.0 Å². The summed E-state index contributed by atoms with van der Waals surface area (Å²) in [4.78, 5) is 22.9. The first-order chi connectivity index (χ1) is 12.0. The highest BCUT2D eigenvalue weighted by molar-refractivity contribution is 6.02. The molecule has 128 valence electrons. The van der Waals surface area contributed by atoms with Crippen molar-refractivity contribution in [3.63, 3.8) is 0 Å². The van der Waals surface area contributed by atoms with E-state index in [-0.39, 0.29) is 28.6 Å². The third kappa shape index (κ3) is 3.34. The van der Waals surface area contributed by atoms with Gasteiger partial charge in [0.1, 0.15) is 17.3 Å². The number of amides is 1. The van der Waals surface area contributed by atoms with E-state index < -0.39 is 10.8 Å². The zero-order valence-corrected chi connectivity index (χ0v) is 13.3. The zero-order valence-electron chi connectivity index (χ0n) is 13.3. The summed E-state index contributed by atoms with van der Waals surface area (Å²) in [5.41, 5.74) is 0.0508. The summed E-state index contributed by atoms with van der Waals surface area (Å²) in [6.07, 6.45) is 0. The molecule has 1 aromatic carbocycles. The van der Waals surface area contributed by atoms with Gasteiger partial charge in [0.2, 0.25) is 0 Å². The number of benzene rings is 1. The quantitative estimate of drug-likeness (QED) is 0.556. The minimum absolute atomic E-state index is 0.0132. The lowest BCUT2D eigenvalue weighted by Crippen LogP contribution is -2.10. The summed E-state index contributed by atoms with van der Waals surface area (Å²) in [5, 5.41) is 17.4. The highest BCUT2D eigenvalue weighted by Crippen LogP contribution is 2.34. The van der Waals surface area contributed by atoms with E-state index >= 15 is 0 Å². The average molecular weight is 343 g/mol. The lowest BCUT2D eigenvalue weighted by Gasteiger charge is -2.03. The van der Waals surface area contributed by atoms with Crippen LogP contribution in [0, 0.1) is 17.0 Å². The van der Waals surface area contributed by atoms with Crippen LogP contribution in [0.4, 0.5) is 11.5 Å². The first-order valence-corrected chi connectivity index (χ1v) is 7.15. The van der Waals surface area contributed by atoms with E-state index in [4.69, 9.17) is 13.7 Å². The molecule has 0 saturated heterocycles. The predicted molar refractivity (Wildman–Crippen MR) is 86.5 cm³/mol. The molecule has 1 amide bonds. The Labute approximate surface area is 141 Å². The highest BCUT2D eigenvalue weighted by Gasteiger charge is 2.21. The van der Waals surface area contributed by atoms with Crippen molar-refractivity contribution in [1.29, 1.82) is 0 Å². The second kappa shape index (κ2) is 6.48. The Balaban J connectivity index is 1.88. The third-order valence-corrected chi connectivity index (χ3v) is 3.37. The summed E-state index contributed by atoms with van der Waals surface area (Å²) >= 11 is 0. The van der Waals surface area contributed by atoms with Gasteiger partial charge in [-0.15, -0.1) is 0 Å². The lowest BCUT2D eigenvalue weighted by atomic mass is 10.1. The van der Waals surface area contributed by atoms with Crippen LogP contribution in [-0.2, 0) is 0 Å². The number of carbonyl (C=O) groups excluding carboxylic acids is 1. The van der Waals surface area contributed by atoms with Gasteiger partial charge in [-0.05, 0) is 31.2 Å². The van der Waals surface area contributed by atoms with Gasteiger partial charge in [-0.2, -0.15) is 0 Å². The molecule has 0 saturated carbocycles. The number of aryl methyl sites for hydroxylation is 1. The topological polar surface area (TPSA) is 121 Å². The average Bonchev–Trinajstić information content (AvgIpc) is 3.23. The monoisotopic (exact) mass is 343 g/mol. The second-order valence-corrected chi connectivity index (χ2v) is 5.08. The summed E-state index contributed by atoms with van der Waals surface area (Å²) in [6.45, 7) is 1.69. The molecule has 0 aliphatic rings. The zero-order chi connectivity index (χ0) is 18.0. The molecule has 2 heterocycles. The van der Waals surface area contributed by atoms with Crippen molar-refractivity contribution >= 4 is 17.4 Å². The van der Waals surface area contributed by atoms with Gasteiger partial charge < -0.3 is 19.0 Å². The van der Waals surface area contributed by atoms with Gasteiger partial charge in [-0.3, -0.25) is 14.9 Å². The number of furan rings is 1. The maximum atomic E-state index is 12.1. The fourth-order valence-electron chi connectivity index (χ4n) is 2.21. The van der Waals surface area contributed by atoms with E-state index in [1.54, 1.807) is 19.1 Å². The molecule has 9 nitrogen and oxygen atoms in total. The van der Waals surface area contributed by atoms with Crippen LogP contribution >= 0.6 is 0 Å². The molecule has 3 aromatic rings. The van der Waals surface area contributed by atoms with Crippen LogP contribution < -0.4 is 10.1 Å². The Hall–Kier alpha value is -3.62. The van der Waals surface area contributed by atoms with Crippen molar-refractivity contribution in [2.45, 2.75) is 6.92 Å². The molecule has 3 rings (SSSR count). The number of aromatic nitrogens is 1. The third-order valence-electron chi connectivity index (χ3n) is 3.37. The van der Waals surface area contributed by atoms with Crippen LogP contribution in [0.2, 0.25) is 0 Å². The molecule has 0 aliphatic carbocycles. The van der Waals surface area contributed by atoms with E-state index in [2.05, 4.69) is 10.5 Å². The summed E-state index contributed by atoms with van der Waals surface area (Å²) < 4.78 is 15.3. The van der Waals surface area contributed by atoms with Gasteiger partial charge in [0.05, 0.1) is 23.7 Å². The van der Waals surface area contributed by atoms with Gasteiger partial charge in [-0.1, -0.05) is 5.16 Å². The van der Waals surface area contributed by atoms with Crippen LogP contribution in [0.25, 0.3) is 11.3 Å². The van der Waals surface area contributed by atoms with Crippen molar-refractivity contribution in [1.82, 2.24) is 5.16 Å². The number of rotatable bonds is 5. The molecule has 2 aromatic heterocycles. The predicted octanol–water partition coefficient (Wildman–Crippen LogP) is 3.41. The number of hydrogen-bond acceptors (Lipinski definition) is 7. The van der Waals surface area contributed by atoms with Crippen molar-refractivity contribution in [2.24, 2.45) is 0 Å². The molecular formula is C16H13N3O6. The van der Waals surface area contributed by atoms with Crippen LogP contribution in [-0.4, -0.2) is 23.1 Å². The molecular weight excluding hydrogens is 330 g/mol. The Morgan fingerprint density at radius 2 is 2.08 bits per heavy atom. The lowest BCUT2D eigenvalue weighted by molar-refractivity contribution is -0.384. The highest BCUT2D eigenvalue weighted by atomic mass is 16.6. The van der Waals surface area contributed by atoms with E-state index in [1.807, 2.05) is 0 Å². The fourth-order valence-corrected chi connectivity index (χ4v) is 2.21. The fraction of sp³-hybridized carbons (Fsp3) is 0.125. The van der Waals surface area contributed by atoms with Crippen molar-refractivity contribution in [2.75, 3.05) is 12.4 Å². The standard InChI is InChI=1S/C16H13N3O6/c1-9-7-15(18-25-9)17-16(20)14-6-5-13(24-14)11-4-3-10(23-2)8-12(11)19(21)22/h3-8H,1-2H3,(H,17,18,20). The number of nitro groups is 1. The Kier molecular flexibility index (Phi) is 4.21. The molecule has 0 aliphatic heterocycles. The van der Waals surface area contributed by atoms with Gasteiger partial charge >= 0.3 is 0 Å². The largest absolute Gasteiger partial charge is 0.497 e.